The van der Waals surface area contributed by atoms with Gasteiger partial charge in [-0.05, 0) is 30.3 Å². The SMILES string of the molecule is CS(=O)(=O)c1ccc(F)c(NC(=O)c2csc(-c3ccc(Cl)cc3)n2)c1. The van der Waals surface area contributed by atoms with Crippen LogP contribution in [0, 0.1) is 5.82 Å². The van der Waals surface area contributed by atoms with Crippen LogP contribution in [0.4, 0.5) is 10.1 Å². The van der Waals surface area contributed by atoms with Crippen LogP contribution in [-0.4, -0.2) is 25.6 Å². The molecular formula is C17H12ClFN2O3S2. The minimum atomic E-state index is -3.52. The van der Waals surface area contributed by atoms with Gasteiger partial charge in [-0.3, -0.25) is 4.79 Å². The molecule has 0 fully saturated rings. The molecule has 0 aliphatic rings. The van der Waals surface area contributed by atoms with Crippen molar-refractivity contribution < 1.29 is 17.6 Å². The van der Waals surface area contributed by atoms with Gasteiger partial charge in [0.1, 0.15) is 16.5 Å². The predicted octanol–water partition coefficient (Wildman–Crippen LogP) is 4.26. The number of hydrogen-bond donors (Lipinski definition) is 1. The normalized spacial score (nSPS) is 11.3. The fourth-order valence-electron chi connectivity index (χ4n) is 2.12. The minimum Gasteiger partial charge on any atom is -0.318 e. The van der Waals surface area contributed by atoms with Crippen molar-refractivity contribution in [2.45, 2.75) is 4.90 Å². The third-order valence-electron chi connectivity index (χ3n) is 3.44. The summed E-state index contributed by atoms with van der Waals surface area (Å²) in [6, 6.07) is 10.2. The third-order valence-corrected chi connectivity index (χ3v) is 5.70. The average Bonchev–Trinajstić information content (AvgIpc) is 3.06. The molecule has 1 N–H and O–H groups in total. The van der Waals surface area contributed by atoms with Crippen LogP contribution >= 0.6 is 22.9 Å². The van der Waals surface area contributed by atoms with E-state index < -0.39 is 21.6 Å². The molecule has 1 amide bonds. The molecule has 0 aliphatic carbocycles. The van der Waals surface area contributed by atoms with E-state index in [9.17, 15) is 17.6 Å². The van der Waals surface area contributed by atoms with Crippen LogP contribution in [0.25, 0.3) is 10.6 Å². The standard InChI is InChI=1S/C17H12ClFN2O3S2/c1-26(23,24)12-6-7-13(19)14(8-12)20-16(22)15-9-25-17(21-15)10-2-4-11(18)5-3-10/h2-9H,1H3,(H,20,22). The number of thiazole rings is 1. The van der Waals surface area contributed by atoms with Gasteiger partial charge in [-0.15, -0.1) is 11.3 Å². The zero-order valence-corrected chi connectivity index (χ0v) is 15.8. The summed E-state index contributed by atoms with van der Waals surface area (Å²) in [6.45, 7) is 0. The maximum absolute atomic E-state index is 13.9. The van der Waals surface area contributed by atoms with E-state index in [1.165, 1.54) is 16.7 Å². The van der Waals surface area contributed by atoms with Gasteiger partial charge in [0.15, 0.2) is 9.84 Å². The molecule has 1 heterocycles. The lowest BCUT2D eigenvalue weighted by Gasteiger charge is -2.07. The molecule has 26 heavy (non-hydrogen) atoms. The van der Waals surface area contributed by atoms with Gasteiger partial charge in [-0.2, -0.15) is 0 Å². The molecule has 0 aliphatic heterocycles. The summed E-state index contributed by atoms with van der Waals surface area (Å²) in [5.41, 5.74) is 0.673. The first-order valence-electron chi connectivity index (χ1n) is 7.26. The number of nitrogens with zero attached hydrogens (tertiary/aromatic N) is 1. The smallest absolute Gasteiger partial charge is 0.275 e. The lowest BCUT2D eigenvalue weighted by Crippen LogP contribution is -2.14. The fraction of sp³-hybridized carbons (Fsp3) is 0.0588. The van der Waals surface area contributed by atoms with Crippen molar-refractivity contribution in [3.63, 3.8) is 0 Å². The maximum atomic E-state index is 13.9. The first kappa shape index (κ1) is 18.5. The summed E-state index contributed by atoms with van der Waals surface area (Å²) in [6.07, 6.45) is 1.00. The summed E-state index contributed by atoms with van der Waals surface area (Å²) in [4.78, 5) is 16.5. The molecule has 2 aromatic carbocycles. The Hall–Kier alpha value is -2.29. The van der Waals surface area contributed by atoms with Gasteiger partial charge >= 0.3 is 0 Å². The Labute approximate surface area is 158 Å². The monoisotopic (exact) mass is 410 g/mol. The van der Waals surface area contributed by atoms with Gasteiger partial charge in [0.2, 0.25) is 0 Å². The Morgan fingerprint density at radius 2 is 1.88 bits per heavy atom. The summed E-state index contributed by atoms with van der Waals surface area (Å²) >= 11 is 7.10. The summed E-state index contributed by atoms with van der Waals surface area (Å²) in [5, 5.41) is 5.09. The fourth-order valence-corrected chi connectivity index (χ4v) is 3.70. The minimum absolute atomic E-state index is 0.0886. The Morgan fingerprint density at radius 1 is 1.19 bits per heavy atom. The van der Waals surface area contributed by atoms with Crippen LogP contribution in [0.3, 0.4) is 0 Å². The molecule has 134 valence electrons. The van der Waals surface area contributed by atoms with Gasteiger partial charge in [0, 0.05) is 22.2 Å². The number of amides is 1. The first-order valence-corrected chi connectivity index (χ1v) is 10.4. The van der Waals surface area contributed by atoms with Crippen molar-refractivity contribution in [1.82, 2.24) is 4.98 Å². The number of halogens is 2. The molecular weight excluding hydrogens is 399 g/mol. The molecule has 0 unspecified atom stereocenters. The van der Waals surface area contributed by atoms with Crippen molar-refractivity contribution in [3.05, 3.63) is 64.4 Å². The lowest BCUT2D eigenvalue weighted by atomic mass is 10.2. The van der Waals surface area contributed by atoms with Crippen LogP contribution in [0.2, 0.25) is 5.02 Å². The quantitative estimate of drug-likeness (QED) is 0.652. The Kier molecular flexibility index (Phi) is 5.08. The molecule has 0 atom stereocenters. The molecule has 3 rings (SSSR count). The largest absolute Gasteiger partial charge is 0.318 e. The summed E-state index contributed by atoms with van der Waals surface area (Å²) < 4.78 is 37.1. The highest BCUT2D eigenvalue weighted by Gasteiger charge is 2.16. The molecule has 0 radical (unpaired) electrons. The number of benzene rings is 2. The second kappa shape index (κ2) is 7.14. The van der Waals surface area contributed by atoms with Crippen LogP contribution in [0.15, 0.2) is 52.7 Å². The van der Waals surface area contributed by atoms with E-state index >= 15 is 0 Å². The summed E-state index contributed by atoms with van der Waals surface area (Å²) in [5.74, 6) is -1.37. The van der Waals surface area contributed by atoms with Gasteiger partial charge < -0.3 is 5.32 Å². The van der Waals surface area contributed by atoms with Gasteiger partial charge in [-0.1, -0.05) is 23.7 Å². The molecule has 0 saturated heterocycles. The number of aromatic nitrogens is 1. The number of sulfone groups is 1. The van der Waals surface area contributed by atoms with Gasteiger partial charge in [0.25, 0.3) is 5.91 Å². The highest BCUT2D eigenvalue weighted by atomic mass is 35.5. The summed E-state index contributed by atoms with van der Waals surface area (Å²) in [7, 11) is -3.52. The average molecular weight is 411 g/mol. The van der Waals surface area contributed by atoms with Gasteiger partial charge in [0.05, 0.1) is 10.6 Å². The van der Waals surface area contributed by atoms with Crippen LogP contribution in [-0.2, 0) is 9.84 Å². The second-order valence-electron chi connectivity index (χ2n) is 5.41. The van der Waals surface area contributed by atoms with Crippen LogP contribution in [0.5, 0.6) is 0 Å². The van der Waals surface area contributed by atoms with Crippen LogP contribution in [0.1, 0.15) is 10.5 Å². The zero-order chi connectivity index (χ0) is 18.9. The Morgan fingerprint density at radius 3 is 2.54 bits per heavy atom. The highest BCUT2D eigenvalue weighted by molar-refractivity contribution is 7.90. The third kappa shape index (κ3) is 4.09. The number of anilines is 1. The van der Waals surface area contributed by atoms with Crippen LogP contribution < -0.4 is 5.32 Å². The number of carbonyl (C=O) groups excluding carboxylic acids is 1. The molecule has 0 bridgehead atoms. The van der Waals surface area contributed by atoms with E-state index in [1.807, 2.05) is 0 Å². The number of rotatable bonds is 4. The van der Waals surface area contributed by atoms with Crippen molar-refractivity contribution >= 4 is 44.4 Å². The van der Waals surface area contributed by atoms with Crippen molar-refractivity contribution in [2.75, 3.05) is 11.6 Å². The highest BCUT2D eigenvalue weighted by Crippen LogP contribution is 2.26. The van der Waals surface area contributed by atoms with Gasteiger partial charge in [-0.25, -0.2) is 17.8 Å². The van der Waals surface area contributed by atoms with E-state index in [0.29, 0.717) is 10.0 Å². The zero-order valence-electron chi connectivity index (χ0n) is 13.4. The molecule has 3 aromatic rings. The lowest BCUT2D eigenvalue weighted by molar-refractivity contribution is 0.102. The molecule has 5 nitrogen and oxygen atoms in total. The Bertz CT molecular complexity index is 1080. The van der Waals surface area contributed by atoms with E-state index in [1.54, 1.807) is 24.3 Å². The predicted molar refractivity (Wildman–Crippen MR) is 100 cm³/mol. The van der Waals surface area contributed by atoms with Crippen molar-refractivity contribution in [3.8, 4) is 10.6 Å². The molecule has 0 spiro atoms. The number of carbonyl (C=O) groups is 1. The number of hydrogen-bond acceptors (Lipinski definition) is 5. The van der Waals surface area contributed by atoms with E-state index in [2.05, 4.69) is 10.3 Å². The Balaban J connectivity index is 1.84. The second-order valence-corrected chi connectivity index (χ2v) is 8.72. The molecule has 1 aromatic heterocycles. The van der Waals surface area contributed by atoms with E-state index in [4.69, 9.17) is 11.6 Å². The maximum Gasteiger partial charge on any atom is 0.275 e. The molecule has 9 heteroatoms. The van der Waals surface area contributed by atoms with Crippen molar-refractivity contribution in [1.29, 1.82) is 0 Å². The molecule has 0 saturated carbocycles. The van der Waals surface area contributed by atoms with E-state index in [-0.39, 0.29) is 16.3 Å². The van der Waals surface area contributed by atoms with Crippen molar-refractivity contribution in [2.24, 2.45) is 0 Å². The number of nitrogens with one attached hydrogen (secondary N) is 1. The first-order chi connectivity index (χ1) is 12.2. The topological polar surface area (TPSA) is 76.1 Å². The van der Waals surface area contributed by atoms with E-state index in [0.717, 1.165) is 30.0 Å².